The summed E-state index contributed by atoms with van der Waals surface area (Å²) < 4.78 is 28.2. The molecule has 4 heterocycles. The van der Waals surface area contributed by atoms with E-state index in [1.165, 1.54) is 6.33 Å². The van der Waals surface area contributed by atoms with Gasteiger partial charge in [0, 0.05) is 41.0 Å². The number of aromatic amines is 1. The third-order valence-corrected chi connectivity index (χ3v) is 6.20. The SMILES string of the molecule is Cn1c(C(=O)N2CC(F)(F)C2)cc2ccc(-c3ncnc(Nc4ccc(-c5cn[nH]c5)cc4)n3)cc21. The van der Waals surface area contributed by atoms with Gasteiger partial charge in [0.2, 0.25) is 5.95 Å². The number of aromatic nitrogens is 6. The summed E-state index contributed by atoms with van der Waals surface area (Å²) in [5.41, 5.74) is 4.70. The smallest absolute Gasteiger partial charge is 0.282 e. The van der Waals surface area contributed by atoms with E-state index < -0.39 is 24.9 Å². The molecule has 0 saturated carbocycles. The number of nitrogens with zero attached hydrogens (tertiary/aromatic N) is 6. The molecule has 1 aliphatic rings. The monoisotopic (exact) mass is 486 g/mol. The van der Waals surface area contributed by atoms with Crippen LogP contribution in [0, 0.1) is 0 Å². The van der Waals surface area contributed by atoms with Crippen LogP contribution in [0.4, 0.5) is 20.4 Å². The molecule has 1 saturated heterocycles. The lowest BCUT2D eigenvalue weighted by Crippen LogP contribution is -2.58. The average molecular weight is 486 g/mol. The molecule has 0 unspecified atom stereocenters. The molecule has 3 aromatic heterocycles. The van der Waals surface area contributed by atoms with Crippen molar-refractivity contribution in [2.45, 2.75) is 5.92 Å². The van der Waals surface area contributed by atoms with Crippen molar-refractivity contribution in [1.29, 1.82) is 0 Å². The van der Waals surface area contributed by atoms with Crippen LogP contribution in [-0.2, 0) is 7.05 Å². The number of fused-ring (bicyclic) bond motifs is 1. The Morgan fingerprint density at radius 3 is 2.53 bits per heavy atom. The van der Waals surface area contributed by atoms with Crippen LogP contribution in [0.3, 0.4) is 0 Å². The molecule has 0 aliphatic carbocycles. The largest absolute Gasteiger partial charge is 0.340 e. The molecular weight excluding hydrogens is 466 g/mol. The summed E-state index contributed by atoms with van der Waals surface area (Å²) in [7, 11) is 1.74. The zero-order valence-corrected chi connectivity index (χ0v) is 19.1. The Morgan fingerprint density at radius 2 is 1.81 bits per heavy atom. The second-order valence-corrected chi connectivity index (χ2v) is 8.70. The van der Waals surface area contributed by atoms with Gasteiger partial charge < -0.3 is 14.8 Å². The van der Waals surface area contributed by atoms with Gasteiger partial charge in [0.15, 0.2) is 5.82 Å². The van der Waals surface area contributed by atoms with E-state index >= 15 is 0 Å². The summed E-state index contributed by atoms with van der Waals surface area (Å²) in [5, 5.41) is 10.8. The molecule has 9 nitrogen and oxygen atoms in total. The zero-order chi connectivity index (χ0) is 24.9. The second-order valence-electron chi connectivity index (χ2n) is 8.70. The maximum Gasteiger partial charge on any atom is 0.282 e. The van der Waals surface area contributed by atoms with Crippen LogP contribution in [-0.4, -0.2) is 59.5 Å². The Bertz CT molecular complexity index is 1570. The van der Waals surface area contributed by atoms with E-state index in [2.05, 4.69) is 30.5 Å². The van der Waals surface area contributed by atoms with Gasteiger partial charge in [-0.3, -0.25) is 9.89 Å². The van der Waals surface area contributed by atoms with Crippen LogP contribution in [0.15, 0.2) is 67.3 Å². The molecule has 2 N–H and O–H groups in total. The number of amides is 1. The van der Waals surface area contributed by atoms with Crippen molar-refractivity contribution in [3.8, 4) is 22.5 Å². The molecule has 0 bridgehead atoms. The maximum atomic E-state index is 13.2. The van der Waals surface area contributed by atoms with Gasteiger partial charge in [0.05, 0.1) is 19.3 Å². The minimum absolute atomic E-state index is 0.356. The van der Waals surface area contributed by atoms with E-state index in [4.69, 9.17) is 0 Å². The van der Waals surface area contributed by atoms with Gasteiger partial charge in [-0.2, -0.15) is 10.1 Å². The lowest BCUT2D eigenvalue weighted by Gasteiger charge is -2.38. The first-order valence-corrected chi connectivity index (χ1v) is 11.2. The molecule has 0 radical (unpaired) electrons. The van der Waals surface area contributed by atoms with Gasteiger partial charge >= 0.3 is 0 Å². The number of halogens is 2. The van der Waals surface area contributed by atoms with Gasteiger partial charge in [-0.05, 0) is 29.8 Å². The first-order chi connectivity index (χ1) is 17.4. The lowest BCUT2D eigenvalue weighted by atomic mass is 10.1. The summed E-state index contributed by atoms with van der Waals surface area (Å²) in [6.07, 6.45) is 5.01. The number of aryl methyl sites for hydroxylation is 1. The molecule has 6 rings (SSSR count). The quantitative estimate of drug-likeness (QED) is 0.385. The Hall–Kier alpha value is -4.67. The Labute approximate surface area is 203 Å². The Morgan fingerprint density at radius 1 is 1.03 bits per heavy atom. The highest BCUT2D eigenvalue weighted by Crippen LogP contribution is 2.30. The highest BCUT2D eigenvalue weighted by molar-refractivity contribution is 6.00. The van der Waals surface area contributed by atoms with Crippen LogP contribution >= 0.6 is 0 Å². The normalized spacial score (nSPS) is 14.6. The fourth-order valence-corrected chi connectivity index (χ4v) is 4.27. The third-order valence-electron chi connectivity index (χ3n) is 6.20. The molecule has 1 fully saturated rings. The van der Waals surface area contributed by atoms with Crippen molar-refractivity contribution >= 4 is 28.4 Å². The number of nitrogens with one attached hydrogen (secondary N) is 2. The van der Waals surface area contributed by atoms with Gasteiger partial charge in [-0.15, -0.1) is 0 Å². The van der Waals surface area contributed by atoms with Crippen LogP contribution in [0.1, 0.15) is 10.5 Å². The number of likely N-dealkylation sites (tertiary alicyclic amines) is 1. The van der Waals surface area contributed by atoms with E-state index in [0.717, 1.165) is 38.2 Å². The van der Waals surface area contributed by atoms with Gasteiger partial charge in [0.25, 0.3) is 11.8 Å². The van der Waals surface area contributed by atoms with Crippen LogP contribution in [0.5, 0.6) is 0 Å². The van der Waals surface area contributed by atoms with E-state index in [1.807, 2.05) is 48.7 Å². The molecule has 1 aliphatic heterocycles. The van der Waals surface area contributed by atoms with Crippen molar-refractivity contribution in [3.63, 3.8) is 0 Å². The molecule has 1 amide bonds. The number of H-pyrrole nitrogens is 1. The van der Waals surface area contributed by atoms with E-state index in [-0.39, 0.29) is 0 Å². The maximum absolute atomic E-state index is 13.2. The molecule has 5 aromatic rings. The highest BCUT2D eigenvalue weighted by Gasteiger charge is 2.46. The lowest BCUT2D eigenvalue weighted by molar-refractivity contribution is -0.113. The summed E-state index contributed by atoms with van der Waals surface area (Å²) in [6, 6.07) is 15.1. The van der Waals surface area contributed by atoms with E-state index in [9.17, 15) is 13.6 Å². The fraction of sp³-hybridized carbons (Fsp3) is 0.160. The van der Waals surface area contributed by atoms with Crippen LogP contribution < -0.4 is 5.32 Å². The number of hydrogen-bond donors (Lipinski definition) is 2. The molecule has 0 atom stereocenters. The topological polar surface area (TPSA) is 105 Å². The number of hydrogen-bond acceptors (Lipinski definition) is 6. The average Bonchev–Trinajstić information content (AvgIpc) is 3.51. The summed E-state index contributed by atoms with van der Waals surface area (Å²) >= 11 is 0. The minimum Gasteiger partial charge on any atom is -0.340 e. The summed E-state index contributed by atoms with van der Waals surface area (Å²) in [6.45, 7) is -1.10. The predicted octanol–water partition coefficient (Wildman–Crippen LogP) is 4.26. The molecule has 11 heteroatoms. The standard InChI is InChI=1S/C25H20F2N8O/c1-34-20-9-17(3-2-16(20)8-21(34)23(36)35-12-25(26,27)13-35)22-28-14-29-24(33-22)32-19-6-4-15(5-7-19)18-10-30-31-11-18/h2-11,14H,12-13H2,1H3,(H,30,31)(H,28,29,32,33). The number of carbonyl (C=O) groups is 1. The van der Waals surface area contributed by atoms with Crippen molar-refractivity contribution in [3.05, 3.63) is 72.9 Å². The number of rotatable bonds is 5. The first-order valence-electron chi connectivity index (χ1n) is 11.2. The van der Waals surface area contributed by atoms with Crippen LogP contribution in [0.25, 0.3) is 33.4 Å². The van der Waals surface area contributed by atoms with Crippen molar-refractivity contribution in [2.24, 2.45) is 7.05 Å². The number of alkyl halides is 2. The number of anilines is 2. The molecule has 36 heavy (non-hydrogen) atoms. The van der Waals surface area contributed by atoms with Gasteiger partial charge in [-0.1, -0.05) is 24.3 Å². The van der Waals surface area contributed by atoms with E-state index in [1.54, 1.807) is 23.9 Å². The minimum atomic E-state index is -2.81. The second kappa shape index (κ2) is 8.22. The third kappa shape index (κ3) is 3.94. The summed E-state index contributed by atoms with van der Waals surface area (Å²) in [4.78, 5) is 26.9. The van der Waals surface area contributed by atoms with Gasteiger partial charge in [-0.25, -0.2) is 18.7 Å². The Balaban J connectivity index is 1.24. The highest BCUT2D eigenvalue weighted by atomic mass is 19.3. The fourth-order valence-electron chi connectivity index (χ4n) is 4.27. The van der Waals surface area contributed by atoms with Crippen molar-refractivity contribution in [1.82, 2.24) is 34.6 Å². The molecule has 180 valence electrons. The van der Waals surface area contributed by atoms with Crippen molar-refractivity contribution in [2.75, 3.05) is 18.4 Å². The van der Waals surface area contributed by atoms with Crippen LogP contribution in [0.2, 0.25) is 0 Å². The number of benzene rings is 2. The molecular formula is C25H20F2N8O. The zero-order valence-electron chi connectivity index (χ0n) is 19.1. The van der Waals surface area contributed by atoms with Crippen molar-refractivity contribution < 1.29 is 13.6 Å². The molecule has 0 spiro atoms. The molecule has 2 aromatic carbocycles. The Kier molecular flexibility index (Phi) is 4.99. The van der Waals surface area contributed by atoms with E-state index in [0.29, 0.717) is 17.5 Å². The first kappa shape index (κ1) is 21.8. The predicted molar refractivity (Wildman–Crippen MR) is 130 cm³/mol. The number of carbonyl (C=O) groups excluding carboxylic acids is 1. The summed E-state index contributed by atoms with van der Waals surface area (Å²) in [5.74, 6) is -2.37. The van der Waals surface area contributed by atoms with Gasteiger partial charge in [0.1, 0.15) is 12.0 Å².